The number of anilines is 2. The molecule has 2 heterocycles. The molecule has 3 N–H and O–H groups in total. The normalized spacial score (nSPS) is 18.7. The van der Waals surface area contributed by atoms with E-state index in [2.05, 4.69) is 10.3 Å². The number of ether oxygens (including phenoxy) is 1. The number of amides is 1. The minimum Gasteiger partial charge on any atom is -0.473 e. The van der Waals surface area contributed by atoms with E-state index in [-0.39, 0.29) is 18.1 Å². The molecule has 0 spiro atoms. The first-order valence-electron chi connectivity index (χ1n) is 7.44. The summed E-state index contributed by atoms with van der Waals surface area (Å²) in [6.45, 7) is 4.68. The van der Waals surface area contributed by atoms with E-state index in [0.29, 0.717) is 11.6 Å². The fraction of sp³-hybridized carbons (Fsp3) is 0.600. The molecule has 2 rings (SSSR count). The lowest BCUT2D eigenvalue weighted by atomic mass is 10.0. The van der Waals surface area contributed by atoms with Crippen LogP contribution in [0.15, 0.2) is 12.1 Å². The second-order valence-corrected chi connectivity index (χ2v) is 5.55. The Morgan fingerprint density at radius 3 is 2.90 bits per heavy atom. The average molecular weight is 292 g/mol. The quantitative estimate of drug-likeness (QED) is 0.880. The Morgan fingerprint density at radius 1 is 1.48 bits per heavy atom. The highest BCUT2D eigenvalue weighted by Crippen LogP contribution is 2.28. The Labute approximate surface area is 125 Å². The van der Waals surface area contributed by atoms with Crippen molar-refractivity contribution in [2.75, 3.05) is 24.2 Å². The van der Waals surface area contributed by atoms with E-state index < -0.39 is 0 Å². The van der Waals surface area contributed by atoms with Gasteiger partial charge in [-0.15, -0.1) is 0 Å². The van der Waals surface area contributed by atoms with Crippen molar-refractivity contribution >= 4 is 17.4 Å². The Morgan fingerprint density at radius 2 is 2.24 bits per heavy atom. The van der Waals surface area contributed by atoms with Crippen LogP contribution >= 0.6 is 0 Å². The molecule has 1 aliphatic heterocycles. The SMILES string of the molecule is CNC(=O)C1CCCCN1c1ccc(N)c(OC(C)C)n1. The molecule has 0 radical (unpaired) electrons. The van der Waals surface area contributed by atoms with Crippen LogP contribution in [0.5, 0.6) is 5.88 Å². The third-order valence-corrected chi connectivity index (χ3v) is 3.57. The van der Waals surface area contributed by atoms with Gasteiger partial charge in [0.15, 0.2) is 0 Å². The molecule has 0 bridgehead atoms. The van der Waals surface area contributed by atoms with Gasteiger partial charge in [0, 0.05) is 13.6 Å². The highest BCUT2D eigenvalue weighted by Gasteiger charge is 2.29. The van der Waals surface area contributed by atoms with E-state index in [1.165, 1.54) is 0 Å². The lowest BCUT2D eigenvalue weighted by Crippen LogP contribution is -2.49. The van der Waals surface area contributed by atoms with Gasteiger partial charge in [0.1, 0.15) is 11.9 Å². The monoisotopic (exact) mass is 292 g/mol. The van der Waals surface area contributed by atoms with Crippen LogP contribution < -0.4 is 20.7 Å². The van der Waals surface area contributed by atoms with Gasteiger partial charge in [-0.05, 0) is 45.2 Å². The molecule has 0 aliphatic carbocycles. The molecular formula is C15H24N4O2. The summed E-state index contributed by atoms with van der Waals surface area (Å²) in [6, 6.07) is 3.46. The van der Waals surface area contributed by atoms with Gasteiger partial charge in [-0.3, -0.25) is 4.79 Å². The molecular weight excluding hydrogens is 268 g/mol. The van der Waals surface area contributed by atoms with Crippen LogP contribution in [-0.2, 0) is 4.79 Å². The smallest absolute Gasteiger partial charge is 0.242 e. The van der Waals surface area contributed by atoms with E-state index in [4.69, 9.17) is 10.5 Å². The summed E-state index contributed by atoms with van der Waals surface area (Å²) in [6.07, 6.45) is 2.96. The number of carbonyl (C=O) groups excluding carboxylic acids is 1. The first kappa shape index (κ1) is 15.4. The topological polar surface area (TPSA) is 80.5 Å². The number of hydrogen-bond acceptors (Lipinski definition) is 5. The number of nitrogens with two attached hydrogens (primary N) is 1. The van der Waals surface area contributed by atoms with Gasteiger partial charge in [-0.25, -0.2) is 0 Å². The maximum absolute atomic E-state index is 12.0. The summed E-state index contributed by atoms with van der Waals surface area (Å²) < 4.78 is 5.64. The Kier molecular flexibility index (Phi) is 4.88. The van der Waals surface area contributed by atoms with Crippen molar-refractivity contribution < 1.29 is 9.53 Å². The van der Waals surface area contributed by atoms with Crippen molar-refractivity contribution in [2.24, 2.45) is 0 Å². The molecule has 1 unspecified atom stereocenters. The number of carbonyl (C=O) groups is 1. The number of pyridine rings is 1. The van der Waals surface area contributed by atoms with Crippen molar-refractivity contribution in [3.63, 3.8) is 0 Å². The third-order valence-electron chi connectivity index (χ3n) is 3.57. The number of rotatable bonds is 4. The van der Waals surface area contributed by atoms with Gasteiger partial charge >= 0.3 is 0 Å². The molecule has 1 aromatic heterocycles. The molecule has 1 amide bonds. The van der Waals surface area contributed by atoms with Gasteiger partial charge in [-0.2, -0.15) is 4.98 Å². The maximum atomic E-state index is 12.0. The number of hydrogen-bond donors (Lipinski definition) is 2. The summed E-state index contributed by atoms with van der Waals surface area (Å²) in [5, 5.41) is 2.73. The van der Waals surface area contributed by atoms with Crippen LogP contribution in [0.3, 0.4) is 0 Å². The Balaban J connectivity index is 2.28. The second kappa shape index (κ2) is 6.65. The molecule has 1 aliphatic rings. The maximum Gasteiger partial charge on any atom is 0.242 e. The lowest BCUT2D eigenvalue weighted by molar-refractivity contribution is -0.122. The number of likely N-dealkylation sites (N-methyl/N-ethyl adjacent to an activating group) is 1. The average Bonchev–Trinajstić information content (AvgIpc) is 2.48. The molecule has 21 heavy (non-hydrogen) atoms. The molecule has 1 atom stereocenters. The fourth-order valence-electron chi connectivity index (χ4n) is 2.56. The predicted molar refractivity (Wildman–Crippen MR) is 83.5 cm³/mol. The second-order valence-electron chi connectivity index (χ2n) is 5.55. The number of nitrogens with one attached hydrogen (secondary N) is 1. The van der Waals surface area contributed by atoms with E-state index >= 15 is 0 Å². The minimum atomic E-state index is -0.174. The fourth-order valence-corrected chi connectivity index (χ4v) is 2.56. The first-order valence-corrected chi connectivity index (χ1v) is 7.44. The van der Waals surface area contributed by atoms with Crippen molar-refractivity contribution in [3.8, 4) is 5.88 Å². The highest BCUT2D eigenvalue weighted by atomic mass is 16.5. The van der Waals surface area contributed by atoms with Gasteiger partial charge in [0.05, 0.1) is 11.8 Å². The number of nitrogens with zero attached hydrogens (tertiary/aromatic N) is 2. The largest absolute Gasteiger partial charge is 0.473 e. The summed E-state index contributed by atoms with van der Waals surface area (Å²) in [5.41, 5.74) is 6.42. The predicted octanol–water partition coefficient (Wildman–Crippen LogP) is 1.56. The summed E-state index contributed by atoms with van der Waals surface area (Å²) in [7, 11) is 1.67. The van der Waals surface area contributed by atoms with Crippen LogP contribution in [0, 0.1) is 0 Å². The van der Waals surface area contributed by atoms with Crippen molar-refractivity contribution in [1.29, 1.82) is 0 Å². The molecule has 6 heteroatoms. The van der Waals surface area contributed by atoms with Crippen LogP contribution in [0.25, 0.3) is 0 Å². The van der Waals surface area contributed by atoms with Crippen LogP contribution in [-0.4, -0.2) is 36.6 Å². The molecule has 6 nitrogen and oxygen atoms in total. The third kappa shape index (κ3) is 3.56. The standard InChI is InChI=1S/C15H24N4O2/c1-10(2)21-15-11(16)7-8-13(18-15)19-9-5-4-6-12(19)14(20)17-3/h7-8,10,12H,4-6,9,16H2,1-3H3,(H,17,20). The highest BCUT2D eigenvalue weighted by molar-refractivity contribution is 5.85. The zero-order chi connectivity index (χ0) is 15.4. The molecule has 1 aromatic rings. The molecule has 116 valence electrons. The van der Waals surface area contributed by atoms with E-state index in [9.17, 15) is 4.79 Å². The number of nitrogen functional groups attached to an aromatic ring is 1. The van der Waals surface area contributed by atoms with E-state index in [1.807, 2.05) is 24.8 Å². The molecule has 0 aromatic carbocycles. The van der Waals surface area contributed by atoms with Crippen molar-refractivity contribution in [3.05, 3.63) is 12.1 Å². The Hall–Kier alpha value is -1.98. The van der Waals surface area contributed by atoms with Crippen LogP contribution in [0.1, 0.15) is 33.1 Å². The van der Waals surface area contributed by atoms with Gasteiger partial charge < -0.3 is 20.7 Å². The van der Waals surface area contributed by atoms with Gasteiger partial charge in [-0.1, -0.05) is 0 Å². The molecule has 1 fully saturated rings. The van der Waals surface area contributed by atoms with Crippen molar-refractivity contribution in [2.45, 2.75) is 45.3 Å². The first-order chi connectivity index (χ1) is 10.0. The zero-order valence-corrected chi connectivity index (χ0v) is 12.9. The summed E-state index contributed by atoms with van der Waals surface area (Å²) in [5.74, 6) is 1.21. The Bertz CT molecular complexity index is 504. The number of aromatic nitrogens is 1. The number of piperidine rings is 1. The van der Waals surface area contributed by atoms with Gasteiger partial charge in [0.2, 0.25) is 11.8 Å². The molecule has 0 saturated carbocycles. The lowest BCUT2D eigenvalue weighted by Gasteiger charge is -2.35. The van der Waals surface area contributed by atoms with Crippen LogP contribution in [0.4, 0.5) is 11.5 Å². The summed E-state index contributed by atoms with van der Waals surface area (Å²) in [4.78, 5) is 18.6. The minimum absolute atomic E-state index is 0.00569. The van der Waals surface area contributed by atoms with Gasteiger partial charge in [0.25, 0.3) is 0 Å². The summed E-state index contributed by atoms with van der Waals surface area (Å²) >= 11 is 0. The van der Waals surface area contributed by atoms with Crippen LogP contribution in [0.2, 0.25) is 0 Å². The van der Waals surface area contributed by atoms with Crippen molar-refractivity contribution in [1.82, 2.24) is 10.3 Å². The van der Waals surface area contributed by atoms with E-state index in [0.717, 1.165) is 31.6 Å². The zero-order valence-electron chi connectivity index (χ0n) is 12.9. The van der Waals surface area contributed by atoms with E-state index in [1.54, 1.807) is 13.1 Å². The molecule has 1 saturated heterocycles.